The highest BCUT2D eigenvalue weighted by Crippen LogP contribution is 2.37. The third-order valence-electron chi connectivity index (χ3n) is 8.72. The van der Waals surface area contributed by atoms with E-state index in [2.05, 4.69) is 17.6 Å². The Balaban J connectivity index is 1.32. The minimum atomic E-state index is -4.46. The first-order valence-electron chi connectivity index (χ1n) is 15.7. The van der Waals surface area contributed by atoms with Gasteiger partial charge >= 0.3 is 5.97 Å². The zero-order chi connectivity index (χ0) is 34.9. The second-order valence-corrected chi connectivity index (χ2v) is 14.9. The van der Waals surface area contributed by atoms with Gasteiger partial charge in [-0.2, -0.15) is 21.4 Å². The molecule has 0 amide bonds. The second kappa shape index (κ2) is 13.6. The lowest BCUT2D eigenvalue weighted by molar-refractivity contribution is -0.435. The van der Waals surface area contributed by atoms with Gasteiger partial charge < -0.3 is 9.67 Å². The standard InChI is InChI=1S/C37H34N2O8S2/c1-25-18-19-32-36-26(25)11-7-12-27(36)30(39(32)23-10-24-48(42,43)44)15-5-3-2-4-6-16-31-28-13-8-14-29-34(49(45,46)47)21-20-33(37(28)29)38(31)22-9-17-35(40)41/h2-8,11-16,18-21H,9-10,17,22-24H2,1H3,(H2-,40,41,42,43,44,45,46,47)/p+1. The van der Waals surface area contributed by atoms with Crippen molar-refractivity contribution in [3.63, 3.8) is 0 Å². The number of hydrogen-bond donors (Lipinski definition) is 3. The van der Waals surface area contributed by atoms with Gasteiger partial charge in [0.2, 0.25) is 11.4 Å². The topological polar surface area (TPSA) is 154 Å². The highest BCUT2D eigenvalue weighted by Gasteiger charge is 2.31. The summed E-state index contributed by atoms with van der Waals surface area (Å²) in [6, 6.07) is 18.5. The molecule has 2 heterocycles. The maximum atomic E-state index is 12.1. The predicted molar refractivity (Wildman–Crippen MR) is 192 cm³/mol. The van der Waals surface area contributed by atoms with Crippen LogP contribution in [-0.2, 0) is 31.6 Å². The number of carbonyl (C=O) groups is 1. The van der Waals surface area contributed by atoms with E-state index in [9.17, 15) is 35.8 Å². The van der Waals surface area contributed by atoms with E-state index in [-0.39, 0.29) is 23.5 Å². The van der Waals surface area contributed by atoms with Crippen LogP contribution in [0.3, 0.4) is 0 Å². The van der Waals surface area contributed by atoms with Crippen molar-refractivity contribution in [2.75, 3.05) is 12.3 Å². The number of rotatable bonds is 13. The third-order valence-corrected chi connectivity index (χ3v) is 10.4. The zero-order valence-corrected chi connectivity index (χ0v) is 28.3. The van der Waals surface area contributed by atoms with Crippen molar-refractivity contribution in [2.24, 2.45) is 0 Å². The van der Waals surface area contributed by atoms with Gasteiger partial charge in [-0.25, -0.2) is 0 Å². The molecule has 12 heteroatoms. The summed E-state index contributed by atoms with van der Waals surface area (Å²) >= 11 is 0. The lowest BCUT2D eigenvalue weighted by atomic mass is 9.99. The summed E-state index contributed by atoms with van der Waals surface area (Å²) in [5.74, 6) is -1.23. The minimum absolute atomic E-state index is 0.0204. The summed E-state index contributed by atoms with van der Waals surface area (Å²) in [6.07, 6.45) is 13.8. The van der Waals surface area contributed by atoms with Gasteiger partial charge in [0.05, 0.1) is 16.7 Å². The van der Waals surface area contributed by atoms with E-state index in [0.717, 1.165) is 49.6 Å². The van der Waals surface area contributed by atoms with Crippen molar-refractivity contribution < 1.29 is 40.4 Å². The Hall–Kier alpha value is -4.88. The maximum absolute atomic E-state index is 12.1. The SMILES string of the molecule is Cc1ccc2c3c(cccc13)C(/C=C/C=C/C=C/C=c1/c3cccc4c(S(=O)(=O)O)ccc(c43)n1CCCC(=O)O)=[N+]2CCCS(=O)(=O)O. The summed E-state index contributed by atoms with van der Waals surface area (Å²) in [7, 11) is -8.54. The van der Waals surface area contributed by atoms with Gasteiger partial charge in [-0.1, -0.05) is 66.8 Å². The molecule has 0 spiro atoms. The van der Waals surface area contributed by atoms with Crippen LogP contribution in [0.5, 0.6) is 0 Å². The van der Waals surface area contributed by atoms with Crippen molar-refractivity contribution in [2.45, 2.75) is 37.6 Å². The van der Waals surface area contributed by atoms with Gasteiger partial charge in [0.25, 0.3) is 20.2 Å². The molecule has 49 heavy (non-hydrogen) atoms. The smallest absolute Gasteiger partial charge is 0.303 e. The van der Waals surface area contributed by atoms with Crippen LogP contribution < -0.4 is 5.35 Å². The number of benzene rings is 4. The van der Waals surface area contributed by atoms with E-state index >= 15 is 0 Å². The first-order valence-corrected chi connectivity index (χ1v) is 18.8. The van der Waals surface area contributed by atoms with Crippen molar-refractivity contribution in [1.82, 2.24) is 4.57 Å². The van der Waals surface area contributed by atoms with Crippen molar-refractivity contribution >= 4 is 76.1 Å². The van der Waals surface area contributed by atoms with Crippen LogP contribution in [-0.4, -0.2) is 64.2 Å². The Kier molecular flexibility index (Phi) is 9.41. The Morgan fingerprint density at radius 1 is 0.816 bits per heavy atom. The number of aromatic nitrogens is 1. The summed E-state index contributed by atoms with van der Waals surface area (Å²) in [5.41, 5.74) is 4.84. The molecule has 1 aliphatic heterocycles. The van der Waals surface area contributed by atoms with Crippen LogP contribution in [0.25, 0.3) is 38.5 Å². The molecule has 10 nitrogen and oxygen atoms in total. The van der Waals surface area contributed by atoms with E-state index in [1.165, 1.54) is 6.07 Å². The molecule has 1 aliphatic rings. The largest absolute Gasteiger partial charge is 0.481 e. The van der Waals surface area contributed by atoms with Gasteiger partial charge in [-0.05, 0) is 48.6 Å². The van der Waals surface area contributed by atoms with E-state index < -0.39 is 26.2 Å². The summed E-state index contributed by atoms with van der Waals surface area (Å²) in [4.78, 5) is 11.0. The van der Waals surface area contributed by atoms with Crippen molar-refractivity contribution in [3.05, 3.63) is 114 Å². The molecule has 1 aromatic heterocycles. The Morgan fingerprint density at radius 2 is 1.53 bits per heavy atom. The van der Waals surface area contributed by atoms with Crippen LogP contribution in [0.2, 0.25) is 0 Å². The molecule has 4 aromatic carbocycles. The molecule has 0 saturated heterocycles. The molecule has 0 aliphatic carbocycles. The number of aliphatic carboxylic acids is 1. The molecule has 0 bridgehead atoms. The fourth-order valence-corrected chi connectivity index (χ4v) is 7.85. The monoisotopic (exact) mass is 699 g/mol. The molecular formula is C37H35N2O8S2+. The van der Waals surface area contributed by atoms with Gasteiger partial charge in [0.1, 0.15) is 4.90 Å². The molecule has 0 atom stereocenters. The summed E-state index contributed by atoms with van der Waals surface area (Å²) in [5, 5.41) is 14.1. The highest BCUT2D eigenvalue weighted by atomic mass is 32.2. The molecule has 5 aromatic rings. The molecule has 252 valence electrons. The van der Waals surface area contributed by atoms with Crippen LogP contribution in [0.1, 0.15) is 30.4 Å². The molecule has 0 fully saturated rings. The van der Waals surface area contributed by atoms with Crippen LogP contribution in [0.4, 0.5) is 5.69 Å². The van der Waals surface area contributed by atoms with E-state index in [0.29, 0.717) is 30.3 Å². The molecule has 0 radical (unpaired) electrons. The van der Waals surface area contributed by atoms with E-state index in [1.54, 1.807) is 18.2 Å². The first-order chi connectivity index (χ1) is 23.3. The number of nitrogens with zero attached hydrogens (tertiary/aromatic N) is 2. The van der Waals surface area contributed by atoms with E-state index in [1.807, 2.05) is 77.4 Å². The van der Waals surface area contributed by atoms with Crippen molar-refractivity contribution in [1.29, 1.82) is 0 Å². The zero-order valence-electron chi connectivity index (χ0n) is 26.7. The fourth-order valence-electron chi connectivity index (χ4n) is 6.67. The minimum Gasteiger partial charge on any atom is -0.481 e. The van der Waals surface area contributed by atoms with Gasteiger partial charge in [0.15, 0.2) is 6.54 Å². The lowest BCUT2D eigenvalue weighted by Gasteiger charge is -2.07. The predicted octanol–water partition coefficient (Wildman–Crippen LogP) is 5.96. The average molecular weight is 700 g/mol. The van der Waals surface area contributed by atoms with Gasteiger partial charge in [0, 0.05) is 58.6 Å². The van der Waals surface area contributed by atoms with Crippen molar-refractivity contribution in [3.8, 4) is 0 Å². The Morgan fingerprint density at radius 3 is 2.29 bits per heavy atom. The molecule has 0 saturated carbocycles. The Bertz CT molecular complexity index is 2540. The van der Waals surface area contributed by atoms with Crippen LogP contribution >= 0.6 is 0 Å². The number of allylic oxidation sites excluding steroid dienone is 6. The lowest BCUT2D eigenvalue weighted by Crippen LogP contribution is -2.17. The number of carboxylic acid groups (broad SMARTS) is 1. The van der Waals surface area contributed by atoms with Crippen LogP contribution in [0.15, 0.2) is 102 Å². The fraction of sp³-hybridized carbons (Fsp3) is 0.189. The molecule has 3 N–H and O–H groups in total. The normalized spacial score (nSPS) is 14.4. The average Bonchev–Trinajstić information content (AvgIpc) is 3.50. The van der Waals surface area contributed by atoms with Crippen LogP contribution in [0, 0.1) is 6.92 Å². The molecular weight excluding hydrogens is 665 g/mol. The van der Waals surface area contributed by atoms with E-state index in [4.69, 9.17) is 0 Å². The first kappa shape index (κ1) is 34.0. The number of carboxylic acids is 1. The Labute approximate surface area is 283 Å². The third kappa shape index (κ3) is 6.99. The second-order valence-electron chi connectivity index (χ2n) is 11.9. The molecule has 0 unspecified atom stereocenters. The highest BCUT2D eigenvalue weighted by molar-refractivity contribution is 7.86. The summed E-state index contributed by atoms with van der Waals surface area (Å²) < 4.78 is 70.2. The van der Waals surface area contributed by atoms with Gasteiger partial charge in [-0.3, -0.25) is 13.9 Å². The van der Waals surface area contributed by atoms with Gasteiger partial charge in [-0.15, -0.1) is 0 Å². The number of hydrogen-bond acceptors (Lipinski definition) is 5. The maximum Gasteiger partial charge on any atom is 0.303 e. The molecule has 6 rings (SSSR count). The summed E-state index contributed by atoms with van der Waals surface area (Å²) in [6.45, 7) is 2.86. The number of aryl methyl sites for hydroxylation is 2. The quantitative estimate of drug-likeness (QED) is 0.0773.